The molecule has 0 saturated carbocycles. The summed E-state index contributed by atoms with van der Waals surface area (Å²) in [5, 5.41) is 19.9. The summed E-state index contributed by atoms with van der Waals surface area (Å²) >= 11 is 0. The SMILES string of the molecule is C=CC(=O)Oc1ccc2cc(C3(c4ccc5cc(OC(=O)/C=C/C=C/C(=O)Oc6ccc7cc(C8(c9ccc%10cc(OC(=O)/C=C/C=C/C(=O)Oc%11ccc%12cc(C%13(c%14ccc%15cc(OC(=O)C=C)ccc%15c%14)c%14ccccc%14-c%14c%13ccc%13ccccc%14%13)ccc%12c%11)ccc%10c9)c9cc%10ccccc%10cc9-c9cc%10ccccc%10cc98)ccc7c6)ccc5c4)c4ccccc4-c4cc5ccccc5cc43)ccc2c1. The van der Waals surface area contributed by atoms with Crippen molar-refractivity contribution in [3.63, 3.8) is 0 Å². The first-order valence-corrected chi connectivity index (χ1v) is 47.9. The van der Waals surface area contributed by atoms with E-state index in [9.17, 15) is 28.8 Å². The van der Waals surface area contributed by atoms with Crippen molar-refractivity contribution in [3.8, 4) is 67.9 Å². The third-order valence-electron chi connectivity index (χ3n) is 29.0. The minimum absolute atomic E-state index is 0.335. The lowest BCUT2D eigenvalue weighted by atomic mass is 9.66. The molecule has 3 aliphatic carbocycles. The van der Waals surface area contributed by atoms with Crippen LogP contribution in [0.15, 0.2) is 486 Å². The molecule has 25 rings (SSSR count). The Morgan fingerprint density at radius 1 is 0.179 bits per heavy atom. The monoisotopic (exact) mass is 1870 g/mol. The van der Waals surface area contributed by atoms with Gasteiger partial charge in [0, 0.05) is 36.5 Å². The smallest absolute Gasteiger partial charge is 0.336 e. The van der Waals surface area contributed by atoms with Crippen molar-refractivity contribution in [2.24, 2.45) is 0 Å². The van der Waals surface area contributed by atoms with Crippen LogP contribution < -0.4 is 28.4 Å². The van der Waals surface area contributed by atoms with Gasteiger partial charge in [-0.05, 0) is 353 Å². The lowest BCUT2D eigenvalue weighted by Crippen LogP contribution is -2.28. The predicted octanol–water partition coefficient (Wildman–Crippen LogP) is 29.7. The summed E-state index contributed by atoms with van der Waals surface area (Å²) < 4.78 is 34.7. The molecule has 0 aliphatic heterocycles. The number of carbonyl (C=O) groups is 6. The molecule has 0 amide bonds. The summed E-state index contributed by atoms with van der Waals surface area (Å²) in [6, 6.07) is 142. The van der Waals surface area contributed by atoms with Gasteiger partial charge in [0.25, 0.3) is 0 Å². The third-order valence-corrected chi connectivity index (χ3v) is 29.0. The molecule has 12 nitrogen and oxygen atoms in total. The number of rotatable bonds is 20. The van der Waals surface area contributed by atoms with Gasteiger partial charge < -0.3 is 28.4 Å². The molecule has 0 saturated heterocycles. The van der Waals surface area contributed by atoms with E-state index in [1.54, 1.807) is 36.4 Å². The predicted molar refractivity (Wildman–Crippen MR) is 577 cm³/mol. The highest BCUT2D eigenvalue weighted by Crippen LogP contribution is 2.63. The summed E-state index contributed by atoms with van der Waals surface area (Å²) in [6.45, 7) is 7.13. The quantitative estimate of drug-likeness (QED) is 0.0308. The topological polar surface area (TPSA) is 158 Å². The van der Waals surface area contributed by atoms with Crippen LogP contribution >= 0.6 is 0 Å². The Morgan fingerprint density at radius 3 is 0.717 bits per heavy atom. The minimum atomic E-state index is -0.880. The molecule has 0 aromatic heterocycles. The standard InChI is InChI=1S/C133H82O12/c1-3-124(134)140-106-56-43-88-63-100(50-37-94(88)69-106)131(119-32-16-14-30-114(119)130-112-28-12-11-21-81(112)49-62-120(130)131)101-51-38-96-71-108(58-45-89(96)64-101)142-126(136)33-17-19-35-128(138)144-110-60-47-92-67-104(54-41-98(92)73-110)133(122-79-86-26-9-6-23-83(86)76-116(122)117-77-84-24-7-10-27-87(84)80-123(117)133)105-55-42-99-74-111(61-48-93(99)68-105)145-129(139)36-20-18-34-127(137)143-109-59-46-91-66-103(53-40-97(91)72-109)132(102-52-39-95-70-107(141-125(135)4-2)57-44-90(95)65-102)118-31-15-13-29-113(118)115-75-82-22-5-8-25-85(82)78-121(115)132/h3-80H,1-2H2/b33-17+,34-18+,35-19+,36-20+. The lowest BCUT2D eigenvalue weighted by molar-refractivity contribution is -0.130. The van der Waals surface area contributed by atoms with Crippen molar-refractivity contribution in [1.82, 2.24) is 0 Å². The summed E-state index contributed by atoms with van der Waals surface area (Å²) in [7, 11) is 0. The van der Waals surface area contributed by atoms with Crippen LogP contribution in [0.2, 0.25) is 0 Å². The first kappa shape index (κ1) is 87.2. The van der Waals surface area contributed by atoms with Gasteiger partial charge in [-0.2, -0.15) is 0 Å². The molecule has 0 bridgehead atoms. The fraction of sp³-hybridized carbons (Fsp3) is 0.0226. The van der Waals surface area contributed by atoms with E-state index in [2.05, 4.69) is 316 Å². The van der Waals surface area contributed by atoms with Crippen molar-refractivity contribution in [3.05, 3.63) is 553 Å². The average Bonchev–Trinajstić information content (AvgIpc) is 1.56. The molecular formula is C133H82O12. The number of fused-ring (bicyclic) bond motifs is 20. The Kier molecular flexibility index (Phi) is 21.2. The zero-order chi connectivity index (χ0) is 97.8. The largest absolute Gasteiger partial charge is 0.423 e. The molecule has 0 heterocycles. The van der Waals surface area contributed by atoms with E-state index in [4.69, 9.17) is 28.4 Å². The van der Waals surface area contributed by atoms with E-state index in [1.165, 1.54) is 54.2 Å². The van der Waals surface area contributed by atoms with E-state index in [1.807, 2.05) is 72.8 Å². The molecule has 22 aromatic rings. The van der Waals surface area contributed by atoms with Crippen molar-refractivity contribution in [1.29, 1.82) is 0 Å². The van der Waals surface area contributed by atoms with Crippen LogP contribution in [0.3, 0.4) is 0 Å². The number of ether oxygens (including phenoxy) is 6. The van der Waals surface area contributed by atoms with Gasteiger partial charge in [0.05, 0.1) is 16.2 Å². The maximum Gasteiger partial charge on any atom is 0.336 e. The highest BCUT2D eigenvalue weighted by molar-refractivity contribution is 6.08. The molecule has 686 valence electrons. The second-order valence-electron chi connectivity index (χ2n) is 37.0. The number of hydrogen-bond acceptors (Lipinski definition) is 12. The van der Waals surface area contributed by atoms with Crippen LogP contribution in [0, 0.1) is 0 Å². The summed E-state index contributed by atoms with van der Waals surface area (Å²) in [5.74, 6) is -1.36. The van der Waals surface area contributed by atoms with Gasteiger partial charge >= 0.3 is 35.8 Å². The van der Waals surface area contributed by atoms with Crippen molar-refractivity contribution in [2.45, 2.75) is 16.2 Å². The molecule has 2 atom stereocenters. The lowest BCUT2D eigenvalue weighted by Gasteiger charge is -2.34. The second-order valence-corrected chi connectivity index (χ2v) is 37.0. The first-order valence-electron chi connectivity index (χ1n) is 47.9. The zero-order valence-electron chi connectivity index (χ0n) is 77.8. The van der Waals surface area contributed by atoms with E-state index < -0.39 is 52.1 Å². The molecule has 0 N–H and O–H groups in total. The van der Waals surface area contributed by atoms with Gasteiger partial charge in [-0.25, -0.2) is 28.8 Å². The van der Waals surface area contributed by atoms with Crippen molar-refractivity contribution in [2.75, 3.05) is 0 Å². The molecular weight excluding hydrogens is 1790 g/mol. The first-order chi connectivity index (χ1) is 71.1. The Morgan fingerprint density at radius 2 is 0.400 bits per heavy atom. The Labute approximate surface area is 832 Å². The maximum atomic E-state index is 13.7. The second kappa shape index (κ2) is 35.2. The zero-order valence-corrected chi connectivity index (χ0v) is 77.8. The van der Waals surface area contributed by atoms with Crippen LogP contribution in [0.5, 0.6) is 34.5 Å². The number of carbonyl (C=O) groups excluding carboxylic acids is 6. The van der Waals surface area contributed by atoms with Gasteiger partial charge in [0.15, 0.2) is 0 Å². The number of hydrogen-bond donors (Lipinski definition) is 0. The fourth-order valence-corrected chi connectivity index (χ4v) is 22.6. The molecule has 145 heavy (non-hydrogen) atoms. The average molecular weight is 1870 g/mol. The van der Waals surface area contributed by atoms with Crippen molar-refractivity contribution < 1.29 is 57.2 Å². The van der Waals surface area contributed by atoms with Gasteiger partial charge in [0.1, 0.15) is 34.5 Å². The molecule has 2 unspecified atom stereocenters. The van der Waals surface area contributed by atoms with E-state index >= 15 is 0 Å². The van der Waals surface area contributed by atoms with Gasteiger partial charge in [0.2, 0.25) is 0 Å². The Bertz CT molecular complexity index is 9140. The minimum Gasteiger partial charge on any atom is -0.423 e. The normalized spacial score (nSPS) is 14.7. The number of benzene rings is 22. The van der Waals surface area contributed by atoms with E-state index in [0.29, 0.717) is 34.5 Å². The fourth-order valence-electron chi connectivity index (χ4n) is 22.6. The van der Waals surface area contributed by atoms with Gasteiger partial charge in [-0.1, -0.05) is 304 Å². The van der Waals surface area contributed by atoms with Gasteiger partial charge in [-0.15, -0.1) is 0 Å². The van der Waals surface area contributed by atoms with Crippen molar-refractivity contribution >= 4 is 144 Å². The third kappa shape index (κ3) is 15.0. The van der Waals surface area contributed by atoms with Crippen LogP contribution in [0.1, 0.15) is 66.8 Å². The molecule has 0 spiro atoms. The Balaban J connectivity index is 0.449. The molecule has 12 heteroatoms. The molecule has 22 aromatic carbocycles. The van der Waals surface area contributed by atoms with Crippen LogP contribution in [-0.2, 0) is 45.0 Å². The van der Waals surface area contributed by atoms with Crippen LogP contribution in [0.25, 0.3) is 141 Å². The molecule has 0 radical (unpaired) electrons. The van der Waals surface area contributed by atoms with Gasteiger partial charge in [-0.3, -0.25) is 0 Å². The molecule has 0 fully saturated rings. The van der Waals surface area contributed by atoms with Crippen LogP contribution in [0.4, 0.5) is 0 Å². The summed E-state index contributed by atoms with van der Waals surface area (Å²) in [4.78, 5) is 78.8. The highest BCUT2D eigenvalue weighted by atomic mass is 16.6. The number of allylic oxidation sites excluding steroid dienone is 4. The Hall–Kier alpha value is -19.3. The summed E-state index contributed by atoms with van der Waals surface area (Å²) in [6.07, 6.45) is 13.1. The molecule has 3 aliphatic rings. The van der Waals surface area contributed by atoms with Crippen LogP contribution in [-0.4, -0.2) is 35.8 Å². The number of esters is 6. The highest BCUT2D eigenvalue weighted by Gasteiger charge is 2.51. The maximum absolute atomic E-state index is 13.7. The summed E-state index contributed by atoms with van der Waals surface area (Å²) in [5.41, 5.74) is 17.6. The van der Waals surface area contributed by atoms with E-state index in [-0.39, 0.29) is 0 Å². The van der Waals surface area contributed by atoms with E-state index in [0.717, 1.165) is 214 Å².